The summed E-state index contributed by atoms with van der Waals surface area (Å²) in [5.41, 5.74) is 5.04. The van der Waals surface area contributed by atoms with Gasteiger partial charge in [-0.1, -0.05) is 6.92 Å². The van der Waals surface area contributed by atoms with Gasteiger partial charge in [0.2, 0.25) is 0 Å². The number of amides is 1. The van der Waals surface area contributed by atoms with Crippen molar-refractivity contribution in [2.24, 2.45) is 5.73 Å². The molecule has 0 aliphatic carbocycles. The summed E-state index contributed by atoms with van der Waals surface area (Å²) in [5, 5.41) is 8.43. The first kappa shape index (κ1) is 15.6. The minimum Gasteiger partial charge on any atom is -0.478 e. The van der Waals surface area contributed by atoms with Crippen LogP contribution in [-0.4, -0.2) is 23.1 Å². The highest BCUT2D eigenvalue weighted by atomic mass is 19.1. The molecule has 0 saturated heterocycles. The number of hydrogen-bond donors (Lipinski definition) is 2. The van der Waals surface area contributed by atoms with E-state index in [1.165, 1.54) is 0 Å². The number of rotatable bonds is 6. The third kappa shape index (κ3) is 4.04. The highest BCUT2D eigenvalue weighted by Gasteiger charge is 2.20. The molecule has 0 fully saturated rings. The molecular formula is C13H13F2NO4. The van der Waals surface area contributed by atoms with Crippen LogP contribution < -0.4 is 10.5 Å². The van der Waals surface area contributed by atoms with Gasteiger partial charge in [-0.25, -0.2) is 13.6 Å². The Morgan fingerprint density at radius 1 is 1.40 bits per heavy atom. The predicted octanol–water partition coefficient (Wildman–Crippen LogP) is 1.71. The summed E-state index contributed by atoms with van der Waals surface area (Å²) in [6.07, 6.45) is 0.797. The summed E-state index contributed by atoms with van der Waals surface area (Å²) in [6.45, 7) is 1.58. The van der Waals surface area contributed by atoms with Crippen LogP contribution in [0, 0.1) is 11.6 Å². The molecule has 0 aliphatic rings. The summed E-state index contributed by atoms with van der Waals surface area (Å²) in [4.78, 5) is 21.3. The molecule has 0 aliphatic heterocycles. The van der Waals surface area contributed by atoms with Crippen LogP contribution in [0.2, 0.25) is 0 Å². The molecule has 0 heterocycles. The lowest BCUT2D eigenvalue weighted by atomic mass is 10.1. The lowest BCUT2D eigenvalue weighted by Crippen LogP contribution is -2.33. The van der Waals surface area contributed by atoms with E-state index in [4.69, 9.17) is 15.6 Å². The number of halogens is 2. The van der Waals surface area contributed by atoms with Gasteiger partial charge in [-0.05, 0) is 30.2 Å². The molecule has 1 aromatic carbocycles. The quantitative estimate of drug-likeness (QED) is 0.778. The van der Waals surface area contributed by atoms with Gasteiger partial charge in [-0.15, -0.1) is 0 Å². The smallest absolute Gasteiger partial charge is 0.328 e. The Morgan fingerprint density at radius 2 is 1.95 bits per heavy atom. The van der Waals surface area contributed by atoms with E-state index in [-0.39, 0.29) is 12.0 Å². The van der Waals surface area contributed by atoms with Crippen molar-refractivity contribution in [1.82, 2.24) is 0 Å². The van der Waals surface area contributed by atoms with Gasteiger partial charge < -0.3 is 15.6 Å². The van der Waals surface area contributed by atoms with Crippen molar-refractivity contribution >= 4 is 18.0 Å². The topological polar surface area (TPSA) is 89.6 Å². The SMILES string of the molecule is CCC(Oc1c(F)cc(C=CC(=O)O)cc1F)C(N)=O. The first-order valence-corrected chi connectivity index (χ1v) is 5.71. The van der Waals surface area contributed by atoms with Crippen LogP contribution in [0.3, 0.4) is 0 Å². The van der Waals surface area contributed by atoms with E-state index >= 15 is 0 Å². The minimum absolute atomic E-state index is 0.0156. The van der Waals surface area contributed by atoms with Gasteiger partial charge in [0, 0.05) is 6.08 Å². The van der Waals surface area contributed by atoms with E-state index in [0.717, 1.165) is 24.3 Å². The zero-order valence-electron chi connectivity index (χ0n) is 10.6. The predicted molar refractivity (Wildman–Crippen MR) is 66.9 cm³/mol. The van der Waals surface area contributed by atoms with Crippen molar-refractivity contribution in [3.63, 3.8) is 0 Å². The maximum absolute atomic E-state index is 13.7. The maximum Gasteiger partial charge on any atom is 0.328 e. The number of carboxylic acid groups (broad SMARTS) is 1. The maximum atomic E-state index is 13.7. The number of primary amides is 1. The molecule has 0 bridgehead atoms. The van der Waals surface area contributed by atoms with Crippen molar-refractivity contribution in [2.75, 3.05) is 0 Å². The monoisotopic (exact) mass is 285 g/mol. The average Bonchev–Trinajstić information content (AvgIpc) is 2.35. The largest absolute Gasteiger partial charge is 0.478 e. The Labute approximate surface area is 113 Å². The first-order valence-electron chi connectivity index (χ1n) is 5.71. The number of carboxylic acids is 1. The summed E-state index contributed by atoms with van der Waals surface area (Å²) in [7, 11) is 0. The number of aliphatic carboxylic acids is 1. The van der Waals surface area contributed by atoms with Crippen molar-refractivity contribution in [2.45, 2.75) is 19.4 Å². The lowest BCUT2D eigenvalue weighted by molar-refractivity contribution is -0.131. The van der Waals surface area contributed by atoms with Crippen molar-refractivity contribution < 1.29 is 28.2 Å². The second kappa shape index (κ2) is 6.65. The van der Waals surface area contributed by atoms with Crippen LogP contribution >= 0.6 is 0 Å². The number of nitrogens with two attached hydrogens (primary N) is 1. The van der Waals surface area contributed by atoms with Gasteiger partial charge >= 0.3 is 5.97 Å². The molecule has 0 spiro atoms. The Morgan fingerprint density at radius 3 is 2.35 bits per heavy atom. The minimum atomic E-state index is -1.24. The van der Waals surface area contributed by atoms with Crippen LogP contribution in [-0.2, 0) is 9.59 Å². The Bertz CT molecular complexity index is 534. The third-order valence-corrected chi connectivity index (χ3v) is 2.39. The molecule has 7 heteroatoms. The summed E-state index contributed by atoms with van der Waals surface area (Å²) in [6, 6.07) is 1.79. The molecule has 0 radical (unpaired) electrons. The Kier molecular flexibility index (Phi) is 5.19. The van der Waals surface area contributed by atoms with E-state index in [2.05, 4.69) is 0 Å². The molecule has 1 aromatic rings. The molecule has 3 N–H and O–H groups in total. The summed E-state index contributed by atoms with van der Waals surface area (Å²) in [5.74, 6) is -4.89. The van der Waals surface area contributed by atoms with Crippen LogP contribution in [0.4, 0.5) is 8.78 Å². The second-order valence-corrected chi connectivity index (χ2v) is 3.90. The van der Waals surface area contributed by atoms with E-state index in [1.807, 2.05) is 0 Å². The number of carbonyl (C=O) groups is 2. The van der Waals surface area contributed by atoms with Crippen LogP contribution in [0.15, 0.2) is 18.2 Å². The zero-order valence-corrected chi connectivity index (χ0v) is 10.6. The highest BCUT2D eigenvalue weighted by Crippen LogP contribution is 2.25. The summed E-state index contributed by atoms with van der Waals surface area (Å²) < 4.78 is 32.3. The zero-order chi connectivity index (χ0) is 15.3. The van der Waals surface area contributed by atoms with Gasteiger partial charge in [-0.3, -0.25) is 4.79 Å². The fourth-order valence-electron chi connectivity index (χ4n) is 1.44. The number of ether oxygens (including phenoxy) is 1. The van der Waals surface area contributed by atoms with Crippen molar-refractivity contribution in [3.8, 4) is 5.75 Å². The number of benzene rings is 1. The van der Waals surface area contributed by atoms with Crippen LogP contribution in [0.5, 0.6) is 5.75 Å². The molecule has 5 nitrogen and oxygen atoms in total. The first-order chi connectivity index (χ1) is 9.35. The molecule has 20 heavy (non-hydrogen) atoms. The fourth-order valence-corrected chi connectivity index (χ4v) is 1.44. The fraction of sp³-hybridized carbons (Fsp3) is 0.231. The van der Waals surface area contributed by atoms with E-state index in [9.17, 15) is 18.4 Å². The third-order valence-electron chi connectivity index (χ3n) is 2.39. The molecule has 0 saturated carbocycles. The van der Waals surface area contributed by atoms with Gasteiger partial charge in [0.15, 0.2) is 23.5 Å². The normalized spacial score (nSPS) is 12.3. The molecule has 1 unspecified atom stereocenters. The summed E-state index contributed by atoms with van der Waals surface area (Å²) >= 11 is 0. The number of hydrogen-bond acceptors (Lipinski definition) is 3. The van der Waals surface area contributed by atoms with Crippen molar-refractivity contribution in [1.29, 1.82) is 0 Å². The van der Waals surface area contributed by atoms with Crippen molar-refractivity contribution in [3.05, 3.63) is 35.4 Å². The van der Waals surface area contributed by atoms with E-state index in [0.29, 0.717) is 0 Å². The lowest BCUT2D eigenvalue weighted by Gasteiger charge is -2.15. The molecule has 1 rings (SSSR count). The number of carbonyl (C=O) groups excluding carboxylic acids is 1. The van der Waals surface area contributed by atoms with Gasteiger partial charge in [-0.2, -0.15) is 0 Å². The average molecular weight is 285 g/mol. The van der Waals surface area contributed by atoms with E-state index < -0.39 is 35.4 Å². The Balaban J connectivity index is 3.06. The van der Waals surface area contributed by atoms with Gasteiger partial charge in [0.25, 0.3) is 5.91 Å². The second-order valence-electron chi connectivity index (χ2n) is 3.90. The molecule has 108 valence electrons. The highest BCUT2D eigenvalue weighted by molar-refractivity contribution is 5.85. The van der Waals surface area contributed by atoms with Crippen LogP contribution in [0.25, 0.3) is 6.08 Å². The molecular weight excluding hydrogens is 272 g/mol. The van der Waals surface area contributed by atoms with Crippen LogP contribution in [0.1, 0.15) is 18.9 Å². The van der Waals surface area contributed by atoms with Gasteiger partial charge in [0.05, 0.1) is 0 Å². The van der Waals surface area contributed by atoms with Gasteiger partial charge in [0.1, 0.15) is 0 Å². The molecule has 0 aromatic heterocycles. The standard InChI is InChI=1S/C13H13F2NO4/c1-2-10(13(16)19)20-12-8(14)5-7(6-9(12)15)3-4-11(17)18/h3-6,10H,2H2,1H3,(H2,16,19)(H,17,18). The van der Waals surface area contributed by atoms with E-state index in [1.54, 1.807) is 6.92 Å². The molecule has 1 atom stereocenters. The molecule has 1 amide bonds. The Hall–Kier alpha value is -2.44.